The van der Waals surface area contributed by atoms with Crippen molar-refractivity contribution in [3.63, 3.8) is 0 Å². The third kappa shape index (κ3) is 3.23. The van der Waals surface area contributed by atoms with E-state index in [1.807, 2.05) is 24.3 Å². The third-order valence-corrected chi connectivity index (χ3v) is 3.32. The molecule has 4 heteroatoms. The van der Waals surface area contributed by atoms with Gasteiger partial charge in [0.05, 0.1) is 13.2 Å². The van der Waals surface area contributed by atoms with E-state index in [1.54, 1.807) is 7.11 Å². The Balaban J connectivity index is 1.97. The minimum atomic E-state index is -0.0834. The maximum atomic E-state index is 12.1. The minimum Gasteiger partial charge on any atom is -0.497 e. The van der Waals surface area contributed by atoms with Gasteiger partial charge < -0.3 is 15.4 Å². The Labute approximate surface area is 108 Å². The van der Waals surface area contributed by atoms with Crippen molar-refractivity contribution in [3.8, 4) is 5.75 Å². The number of ether oxygens (including phenoxy) is 1. The Morgan fingerprint density at radius 2 is 2.33 bits per heavy atom. The lowest BCUT2D eigenvalue weighted by atomic mass is 9.94. The number of carbonyl (C=O) groups is 1. The first-order chi connectivity index (χ1) is 8.69. The average Bonchev–Trinajstić information content (AvgIpc) is 2.39. The smallest absolute Gasteiger partial charge is 0.241 e. The molecule has 1 aliphatic rings. The topological polar surface area (TPSA) is 50.4 Å². The van der Waals surface area contributed by atoms with Gasteiger partial charge in [-0.05, 0) is 37.4 Å². The number of anilines is 1. The molecule has 0 aliphatic carbocycles. The van der Waals surface area contributed by atoms with Gasteiger partial charge in [0.15, 0.2) is 0 Å². The highest BCUT2D eigenvalue weighted by atomic mass is 16.5. The quantitative estimate of drug-likeness (QED) is 0.860. The fraction of sp³-hybridized carbons (Fsp3) is 0.500. The maximum absolute atomic E-state index is 12.1. The zero-order valence-electron chi connectivity index (χ0n) is 10.9. The van der Waals surface area contributed by atoms with E-state index < -0.39 is 0 Å². The highest BCUT2D eigenvalue weighted by Gasteiger charge is 2.24. The predicted molar refractivity (Wildman–Crippen MR) is 71.8 cm³/mol. The molecule has 18 heavy (non-hydrogen) atoms. The van der Waals surface area contributed by atoms with Crippen LogP contribution in [-0.2, 0) is 4.79 Å². The van der Waals surface area contributed by atoms with Crippen molar-refractivity contribution in [1.82, 2.24) is 5.32 Å². The predicted octanol–water partition coefficient (Wildman–Crippen LogP) is 2.02. The van der Waals surface area contributed by atoms with Crippen molar-refractivity contribution in [2.45, 2.75) is 25.8 Å². The summed E-state index contributed by atoms with van der Waals surface area (Å²) in [5.74, 6) is 1.39. The number of hydrogen-bond donors (Lipinski definition) is 2. The summed E-state index contributed by atoms with van der Waals surface area (Å²) in [5.41, 5.74) is 0.777. The van der Waals surface area contributed by atoms with E-state index in [9.17, 15) is 4.79 Å². The highest BCUT2D eigenvalue weighted by Crippen LogP contribution is 2.19. The number of methoxy groups -OCH3 is 1. The minimum absolute atomic E-state index is 0.0369. The molecule has 1 saturated heterocycles. The second-order valence-electron chi connectivity index (χ2n) is 4.86. The monoisotopic (exact) mass is 248 g/mol. The lowest BCUT2D eigenvalue weighted by molar-refractivity contribution is -0.119. The molecule has 2 rings (SSSR count). The van der Waals surface area contributed by atoms with Gasteiger partial charge in [0.25, 0.3) is 0 Å². The summed E-state index contributed by atoms with van der Waals surface area (Å²) < 4.78 is 5.13. The van der Waals surface area contributed by atoms with Gasteiger partial charge in [-0.2, -0.15) is 0 Å². The lowest BCUT2D eigenvalue weighted by Gasteiger charge is -2.27. The molecular formula is C14H20N2O2. The van der Waals surface area contributed by atoms with E-state index in [0.29, 0.717) is 5.92 Å². The first-order valence-electron chi connectivity index (χ1n) is 6.37. The number of piperidine rings is 1. The normalized spacial score (nSPS) is 23.4. The van der Waals surface area contributed by atoms with E-state index in [0.717, 1.165) is 30.8 Å². The van der Waals surface area contributed by atoms with Crippen LogP contribution in [0, 0.1) is 5.92 Å². The molecule has 0 aromatic heterocycles. The first-order valence-corrected chi connectivity index (χ1v) is 6.37. The van der Waals surface area contributed by atoms with Crippen LogP contribution in [0.15, 0.2) is 24.3 Å². The molecule has 1 aliphatic heterocycles. The molecule has 2 N–H and O–H groups in total. The van der Waals surface area contributed by atoms with Crippen LogP contribution in [-0.4, -0.2) is 25.6 Å². The second-order valence-corrected chi connectivity index (χ2v) is 4.86. The van der Waals surface area contributed by atoms with E-state index >= 15 is 0 Å². The number of amides is 1. The van der Waals surface area contributed by atoms with Crippen LogP contribution in [0.2, 0.25) is 0 Å². The van der Waals surface area contributed by atoms with Crippen LogP contribution in [0.25, 0.3) is 0 Å². The van der Waals surface area contributed by atoms with Gasteiger partial charge in [-0.25, -0.2) is 0 Å². The third-order valence-electron chi connectivity index (χ3n) is 3.32. The maximum Gasteiger partial charge on any atom is 0.241 e. The van der Waals surface area contributed by atoms with Gasteiger partial charge in [0.2, 0.25) is 5.91 Å². The fourth-order valence-electron chi connectivity index (χ4n) is 2.24. The molecule has 1 aromatic carbocycles. The van der Waals surface area contributed by atoms with Crippen molar-refractivity contribution in [2.24, 2.45) is 5.92 Å². The number of nitrogens with one attached hydrogen (secondary N) is 2. The Kier molecular flexibility index (Phi) is 4.20. The lowest BCUT2D eigenvalue weighted by Crippen LogP contribution is -2.45. The molecule has 1 aromatic rings. The van der Waals surface area contributed by atoms with Gasteiger partial charge in [-0.1, -0.05) is 13.0 Å². The Hall–Kier alpha value is -1.55. The largest absolute Gasteiger partial charge is 0.497 e. The van der Waals surface area contributed by atoms with E-state index in [1.165, 1.54) is 0 Å². The van der Waals surface area contributed by atoms with Crippen LogP contribution >= 0.6 is 0 Å². The van der Waals surface area contributed by atoms with Gasteiger partial charge in [0.1, 0.15) is 5.75 Å². The van der Waals surface area contributed by atoms with Crippen LogP contribution in [0.3, 0.4) is 0 Å². The van der Waals surface area contributed by atoms with Crippen LogP contribution in [0.4, 0.5) is 5.69 Å². The molecule has 0 bridgehead atoms. The van der Waals surface area contributed by atoms with E-state index in [4.69, 9.17) is 4.74 Å². The van der Waals surface area contributed by atoms with Gasteiger partial charge in [-0.15, -0.1) is 0 Å². The summed E-state index contributed by atoms with van der Waals surface area (Å²) in [5, 5.41) is 6.18. The van der Waals surface area contributed by atoms with Crippen LogP contribution in [0.5, 0.6) is 5.75 Å². The second kappa shape index (κ2) is 5.87. The molecule has 0 radical (unpaired) electrons. The summed E-state index contributed by atoms with van der Waals surface area (Å²) in [4.78, 5) is 12.1. The molecule has 2 unspecified atom stereocenters. The summed E-state index contributed by atoms with van der Waals surface area (Å²) >= 11 is 0. The number of rotatable bonds is 3. The molecule has 1 amide bonds. The molecule has 98 valence electrons. The SMILES string of the molecule is COc1cccc(NC(=O)C2CC(C)CCN2)c1. The molecule has 4 nitrogen and oxygen atoms in total. The van der Waals surface area contributed by atoms with E-state index in [-0.39, 0.29) is 11.9 Å². The number of benzene rings is 1. The van der Waals surface area contributed by atoms with Crippen molar-refractivity contribution in [2.75, 3.05) is 19.0 Å². The van der Waals surface area contributed by atoms with Crippen molar-refractivity contribution >= 4 is 11.6 Å². The zero-order valence-corrected chi connectivity index (χ0v) is 10.9. The van der Waals surface area contributed by atoms with E-state index in [2.05, 4.69) is 17.6 Å². The summed E-state index contributed by atoms with van der Waals surface area (Å²) in [6.07, 6.45) is 2.04. The molecule has 0 spiro atoms. The van der Waals surface area contributed by atoms with Crippen molar-refractivity contribution in [3.05, 3.63) is 24.3 Å². The van der Waals surface area contributed by atoms with Crippen LogP contribution in [0.1, 0.15) is 19.8 Å². The highest BCUT2D eigenvalue weighted by molar-refractivity contribution is 5.95. The molecule has 0 saturated carbocycles. The molecule has 1 fully saturated rings. The Bertz CT molecular complexity index is 420. The first kappa shape index (κ1) is 12.9. The fourth-order valence-corrected chi connectivity index (χ4v) is 2.24. The Morgan fingerprint density at radius 1 is 1.50 bits per heavy atom. The number of hydrogen-bond acceptors (Lipinski definition) is 3. The zero-order chi connectivity index (χ0) is 13.0. The van der Waals surface area contributed by atoms with Gasteiger partial charge in [0, 0.05) is 11.8 Å². The van der Waals surface area contributed by atoms with Gasteiger partial charge in [-0.3, -0.25) is 4.79 Å². The van der Waals surface area contributed by atoms with Crippen molar-refractivity contribution in [1.29, 1.82) is 0 Å². The van der Waals surface area contributed by atoms with Gasteiger partial charge >= 0.3 is 0 Å². The Morgan fingerprint density at radius 3 is 3.06 bits per heavy atom. The summed E-state index contributed by atoms with van der Waals surface area (Å²) in [6.45, 7) is 3.10. The van der Waals surface area contributed by atoms with Crippen LogP contribution < -0.4 is 15.4 Å². The molecule has 1 heterocycles. The molecular weight excluding hydrogens is 228 g/mol. The average molecular weight is 248 g/mol. The molecule has 2 atom stereocenters. The standard InChI is InChI=1S/C14H20N2O2/c1-10-6-7-15-13(8-10)14(17)16-11-4-3-5-12(9-11)18-2/h3-5,9-10,13,15H,6-8H2,1-2H3,(H,16,17). The summed E-state index contributed by atoms with van der Waals surface area (Å²) in [7, 11) is 1.62. The van der Waals surface area contributed by atoms with Crippen molar-refractivity contribution < 1.29 is 9.53 Å². The summed E-state index contributed by atoms with van der Waals surface area (Å²) in [6, 6.07) is 7.33. The number of carbonyl (C=O) groups excluding carboxylic acids is 1.